The van der Waals surface area contributed by atoms with Gasteiger partial charge in [0, 0.05) is 32.6 Å². The molecule has 2 aromatic rings. The molecule has 0 fully saturated rings. The van der Waals surface area contributed by atoms with Crippen LogP contribution in [0.5, 0.6) is 5.75 Å². The molecule has 0 unspecified atom stereocenters. The maximum Gasteiger partial charge on any atom is 0.303 e. The van der Waals surface area contributed by atoms with E-state index >= 15 is 0 Å². The fourth-order valence-corrected chi connectivity index (χ4v) is 10.1. The highest BCUT2D eigenvalue weighted by Gasteiger charge is 2.36. The Morgan fingerprint density at radius 1 is 0.449 bits per heavy atom. The first-order valence-electron chi connectivity index (χ1n) is 32.1. The lowest BCUT2D eigenvalue weighted by Crippen LogP contribution is -2.60. The van der Waals surface area contributed by atoms with Gasteiger partial charge >= 0.3 is 11.9 Å². The Kier molecular flexibility index (Phi) is 38.3. The van der Waals surface area contributed by atoms with Crippen LogP contribution in [0.2, 0.25) is 0 Å². The molecule has 2 aromatic carbocycles. The number of carboxylic acids is 2. The van der Waals surface area contributed by atoms with Gasteiger partial charge in [0.15, 0.2) is 0 Å². The number of nitrogens with one attached hydrogen (secondary N) is 12. The van der Waals surface area contributed by atoms with Crippen LogP contribution in [0.15, 0.2) is 54.6 Å². The highest BCUT2D eigenvalue weighted by molar-refractivity contribution is 7.98. The summed E-state index contributed by atoms with van der Waals surface area (Å²) in [5.74, 6) is -14.4. The molecule has 0 heterocycles. The third kappa shape index (κ3) is 33.0. The van der Waals surface area contributed by atoms with Crippen molar-refractivity contribution in [2.45, 2.75) is 192 Å². The Balaban J connectivity index is 2.32. The first-order chi connectivity index (χ1) is 46.2. The van der Waals surface area contributed by atoms with Crippen molar-refractivity contribution in [3.63, 3.8) is 0 Å². The first kappa shape index (κ1) is 84.6. The summed E-state index contributed by atoms with van der Waals surface area (Å²) in [6.07, 6.45) is 0.284. The second-order valence-corrected chi connectivity index (χ2v) is 25.3. The van der Waals surface area contributed by atoms with E-state index in [0.717, 1.165) is 6.92 Å². The maximum atomic E-state index is 14.3. The number of nitrogens with two attached hydrogens (primary N) is 2. The fraction of sp³-hybridized carbons (Fsp3) is 0.578. The molecule has 0 aliphatic rings. The molecule has 0 aliphatic carbocycles. The van der Waals surface area contributed by atoms with E-state index in [-0.39, 0.29) is 74.8 Å². The number of aliphatic hydroxyl groups is 1. The Labute approximate surface area is 572 Å². The average Bonchev–Trinajstić information content (AvgIpc) is 0.866. The molecule has 11 atom stereocenters. The number of phenols is 1. The van der Waals surface area contributed by atoms with Crippen molar-refractivity contribution < 1.29 is 92.3 Å². The number of primary amides is 1. The molecule has 33 nitrogen and oxygen atoms in total. The average molecular weight is 1400 g/mol. The minimum atomic E-state index is -1.71. The van der Waals surface area contributed by atoms with Crippen molar-refractivity contribution in [3.05, 3.63) is 65.7 Å². The van der Waals surface area contributed by atoms with Gasteiger partial charge in [0.05, 0.1) is 13.2 Å². The first-order valence-corrected chi connectivity index (χ1v) is 33.5. The van der Waals surface area contributed by atoms with Crippen LogP contribution in [-0.2, 0) is 84.8 Å². The highest BCUT2D eigenvalue weighted by Crippen LogP contribution is 2.15. The minimum Gasteiger partial charge on any atom is -0.508 e. The van der Waals surface area contributed by atoms with Gasteiger partial charge in [-0.25, -0.2) is 0 Å². The zero-order valence-electron chi connectivity index (χ0n) is 56.5. The van der Waals surface area contributed by atoms with Gasteiger partial charge in [-0.1, -0.05) is 70.2 Å². The number of aliphatic hydroxyl groups excluding tert-OH is 1. The zero-order valence-corrected chi connectivity index (χ0v) is 57.3. The Bertz CT molecular complexity index is 3030. The molecule has 20 N–H and O–H groups in total. The predicted octanol–water partition coefficient (Wildman–Crippen LogP) is -3.13. The molecule has 98 heavy (non-hydrogen) atoms. The lowest BCUT2D eigenvalue weighted by molar-refractivity contribution is -0.139. The van der Waals surface area contributed by atoms with Crippen molar-refractivity contribution in [1.82, 2.24) is 63.8 Å². The summed E-state index contributed by atoms with van der Waals surface area (Å²) in [4.78, 5) is 199. The van der Waals surface area contributed by atoms with Gasteiger partial charge in [0.2, 0.25) is 76.8 Å². The van der Waals surface area contributed by atoms with E-state index in [1.807, 2.05) is 0 Å². The molecule has 544 valence electrons. The van der Waals surface area contributed by atoms with Crippen molar-refractivity contribution in [2.24, 2.45) is 23.3 Å². The lowest BCUT2D eigenvalue weighted by Gasteiger charge is -2.28. The quantitative estimate of drug-likeness (QED) is 0.0291. The summed E-state index contributed by atoms with van der Waals surface area (Å²) in [5, 5.41) is 68.8. The second-order valence-electron chi connectivity index (χ2n) is 24.3. The predicted molar refractivity (Wildman–Crippen MR) is 358 cm³/mol. The number of thioether (sulfide) groups is 1. The van der Waals surface area contributed by atoms with Gasteiger partial charge < -0.3 is 95.7 Å². The number of amides is 13. The van der Waals surface area contributed by atoms with Crippen LogP contribution in [-0.4, -0.2) is 207 Å². The molecular weight excluding hydrogens is 1300 g/mol. The molecule has 0 aliphatic heterocycles. The number of benzene rings is 2. The van der Waals surface area contributed by atoms with E-state index in [2.05, 4.69) is 63.8 Å². The molecule has 13 amide bonds. The van der Waals surface area contributed by atoms with Crippen LogP contribution in [0.1, 0.15) is 124 Å². The van der Waals surface area contributed by atoms with Crippen molar-refractivity contribution in [1.29, 1.82) is 0 Å². The molecule has 0 bridgehead atoms. The fourth-order valence-electron chi connectivity index (χ4n) is 9.61. The van der Waals surface area contributed by atoms with E-state index in [1.54, 1.807) is 64.3 Å². The normalized spacial score (nSPS) is 14.4. The van der Waals surface area contributed by atoms with Gasteiger partial charge in [-0.2, -0.15) is 11.8 Å². The topological polar surface area (TPSA) is 533 Å². The van der Waals surface area contributed by atoms with Crippen LogP contribution in [0.25, 0.3) is 0 Å². The van der Waals surface area contributed by atoms with Crippen LogP contribution in [0, 0.1) is 11.8 Å². The highest BCUT2D eigenvalue weighted by atomic mass is 32.2. The van der Waals surface area contributed by atoms with E-state index in [4.69, 9.17) is 16.6 Å². The number of rotatable bonds is 46. The molecule has 0 radical (unpaired) electrons. The second kappa shape index (κ2) is 44.4. The van der Waals surface area contributed by atoms with E-state index < -0.39 is 188 Å². The molecule has 0 saturated heterocycles. The van der Waals surface area contributed by atoms with Crippen LogP contribution in [0.3, 0.4) is 0 Å². The van der Waals surface area contributed by atoms with Gasteiger partial charge in [0.1, 0.15) is 72.2 Å². The lowest BCUT2D eigenvalue weighted by atomic mass is 9.99. The van der Waals surface area contributed by atoms with Gasteiger partial charge in [-0.15, -0.1) is 0 Å². The molecule has 0 aromatic heterocycles. The molecule has 34 heteroatoms. The van der Waals surface area contributed by atoms with Crippen LogP contribution < -0.4 is 75.3 Å². The summed E-state index contributed by atoms with van der Waals surface area (Å²) in [6.45, 7) is 9.19. The van der Waals surface area contributed by atoms with Crippen molar-refractivity contribution in [2.75, 3.05) is 31.7 Å². The van der Waals surface area contributed by atoms with Gasteiger partial charge in [0.25, 0.3) is 0 Å². The number of carbonyl (C=O) groups excluding carboxylic acids is 13. The van der Waals surface area contributed by atoms with Crippen molar-refractivity contribution in [3.8, 4) is 5.75 Å². The number of hydrogen-bond donors (Lipinski definition) is 18. The SMILES string of the molecule is CSCC[C@H](NC(=O)[C@H](Cc1ccc(O)cc1)NC(=O)[C@H](CCC(=O)O)NC(=O)[C@H](C)NC(C)=O)C(=O)N[C@@H](C)C(=O)N[C@@H](Cc1ccccc1)C(=O)NCC(=O)N[C@@H](CO)C(=O)N[C@@H](CC(C)C)C(=O)N[C@@H](CC(C)C)C(=O)N[C@@H](CCCCN)C(=O)N[C@@H](CCC(=O)O)C(N)=O. The molecular formula is C64H98N14O19S. The Morgan fingerprint density at radius 3 is 1.33 bits per heavy atom. The maximum absolute atomic E-state index is 14.3. The minimum absolute atomic E-state index is 0.0180. The number of hydrogen-bond acceptors (Lipinski definition) is 19. The number of aliphatic carboxylic acids is 2. The van der Waals surface area contributed by atoms with E-state index in [0.29, 0.717) is 24.0 Å². The van der Waals surface area contributed by atoms with E-state index in [9.17, 15) is 87.2 Å². The van der Waals surface area contributed by atoms with Gasteiger partial charge in [-0.05, 0) is 119 Å². The van der Waals surface area contributed by atoms with Crippen LogP contribution >= 0.6 is 11.8 Å². The summed E-state index contributed by atoms with van der Waals surface area (Å²) in [5.41, 5.74) is 12.0. The smallest absolute Gasteiger partial charge is 0.303 e. The Morgan fingerprint density at radius 2 is 0.847 bits per heavy atom. The monoisotopic (exact) mass is 1400 g/mol. The number of carboxylic acid groups (broad SMARTS) is 2. The zero-order chi connectivity index (χ0) is 73.8. The number of unbranched alkanes of at least 4 members (excludes halogenated alkanes) is 1. The molecule has 2 rings (SSSR count). The summed E-state index contributed by atoms with van der Waals surface area (Å²) in [7, 11) is 0. The number of carbonyl (C=O) groups is 15. The largest absolute Gasteiger partial charge is 0.508 e. The molecule has 0 saturated carbocycles. The third-order valence-electron chi connectivity index (χ3n) is 14.8. The summed E-state index contributed by atoms with van der Waals surface area (Å²) < 4.78 is 0. The van der Waals surface area contributed by atoms with Crippen molar-refractivity contribution >= 4 is 100 Å². The number of phenolic OH excluding ortho intramolecular Hbond substituents is 1. The summed E-state index contributed by atoms with van der Waals surface area (Å²) in [6, 6.07) is -1.54. The number of aromatic hydroxyl groups is 1. The Hall–Kier alpha value is -9.44. The van der Waals surface area contributed by atoms with E-state index in [1.165, 1.54) is 49.9 Å². The summed E-state index contributed by atoms with van der Waals surface area (Å²) >= 11 is 1.31. The van der Waals surface area contributed by atoms with Gasteiger partial charge in [-0.3, -0.25) is 71.9 Å². The van der Waals surface area contributed by atoms with Crippen LogP contribution in [0.4, 0.5) is 0 Å². The third-order valence-corrected chi connectivity index (χ3v) is 15.5. The molecule has 0 spiro atoms. The standard InChI is InChI=1S/C64H98N14O19S/c1-34(2)28-46(61(94)73-43(16-12-13-26-65)59(92)71-42(54(66)87)21-23-52(83)84)76-62(95)47(29-35(3)4)77-64(97)50(33-79)70-51(82)32-67-57(90)48(30-39-14-10-9-11-15-39)75-56(89)37(6)69-58(91)45(25-27-98-8)74-63(96)49(31-40-17-19-41(81)20-18-40)78-60(93)44(22-24-53(85)86)72-55(88)36(5)68-38(7)80/h9-11,14-15,17-20,34-37,42-50,79,81H,12-13,16,21-33,65H2,1-8H3,(H2,66,87)(H,67,90)(H,68,80)(H,69,91)(H,70,82)(H,71,92)(H,72,88)(H,73,94)(H,74,96)(H,75,89)(H,76,95)(H,77,97)(H,78,93)(H,83,84)(H,85,86)/t36-,37-,42-,43-,44-,45-,46-,47-,48-,49-,50-/m0/s1.